The van der Waals surface area contributed by atoms with E-state index in [4.69, 9.17) is 0 Å². The summed E-state index contributed by atoms with van der Waals surface area (Å²) in [4.78, 5) is 30.1. The Morgan fingerprint density at radius 1 is 1.03 bits per heavy atom. The molecule has 1 atom stereocenters. The van der Waals surface area contributed by atoms with Crippen LogP contribution in [0.1, 0.15) is 45.4 Å². The number of likely N-dealkylation sites (tertiary alicyclic amines) is 1. The van der Waals surface area contributed by atoms with Gasteiger partial charge >= 0.3 is 0 Å². The molecule has 0 aromatic heterocycles. The number of hydrazone groups is 1. The average molecular weight is 454 g/mol. The molecule has 3 heterocycles. The lowest BCUT2D eigenvalue weighted by molar-refractivity contribution is -0.137. The minimum atomic E-state index is -0.752. The summed E-state index contributed by atoms with van der Waals surface area (Å²) < 4.78 is 0. The van der Waals surface area contributed by atoms with Crippen LogP contribution in [0.15, 0.2) is 29.4 Å². The maximum atomic E-state index is 12.4. The van der Waals surface area contributed by atoms with Gasteiger partial charge in [0.25, 0.3) is 0 Å². The van der Waals surface area contributed by atoms with Crippen LogP contribution in [0.2, 0.25) is 0 Å². The first-order valence-electron chi connectivity index (χ1n) is 12.4. The van der Waals surface area contributed by atoms with Crippen molar-refractivity contribution in [1.82, 2.24) is 9.80 Å². The van der Waals surface area contributed by atoms with E-state index in [0.29, 0.717) is 32.4 Å². The molecule has 1 aromatic carbocycles. The van der Waals surface area contributed by atoms with Crippen LogP contribution < -0.4 is 9.91 Å². The smallest absolute Gasteiger partial charge is 0.225 e. The molecule has 2 amide bonds. The Bertz CT molecular complexity index is 914. The number of rotatable bonds is 5. The monoisotopic (exact) mass is 453 g/mol. The van der Waals surface area contributed by atoms with Crippen molar-refractivity contribution in [3.05, 3.63) is 24.3 Å². The van der Waals surface area contributed by atoms with Crippen molar-refractivity contribution < 1.29 is 14.7 Å². The number of carbonyl (C=O) groups is 2. The Labute approximate surface area is 195 Å². The van der Waals surface area contributed by atoms with Gasteiger partial charge in [0, 0.05) is 70.4 Å². The largest absolute Gasteiger partial charge is 0.390 e. The Morgan fingerprint density at radius 3 is 2.39 bits per heavy atom. The number of nitrogens with zero attached hydrogens (tertiary/aromatic N) is 5. The van der Waals surface area contributed by atoms with Crippen molar-refractivity contribution in [3.63, 3.8) is 0 Å². The molecule has 1 saturated carbocycles. The van der Waals surface area contributed by atoms with Crippen LogP contribution in [0.25, 0.3) is 0 Å². The Morgan fingerprint density at radius 2 is 1.73 bits per heavy atom. The van der Waals surface area contributed by atoms with Gasteiger partial charge in [0.1, 0.15) is 0 Å². The first-order valence-corrected chi connectivity index (χ1v) is 12.4. The van der Waals surface area contributed by atoms with Crippen molar-refractivity contribution >= 4 is 29.4 Å². The normalized spacial score (nSPS) is 25.0. The number of piperidine rings is 1. The molecule has 1 aromatic rings. The van der Waals surface area contributed by atoms with Crippen LogP contribution in [-0.4, -0.2) is 83.8 Å². The Hall–Kier alpha value is -2.61. The lowest BCUT2D eigenvalue weighted by atomic mass is 9.84. The quantitative estimate of drug-likeness (QED) is 0.738. The summed E-state index contributed by atoms with van der Waals surface area (Å²) in [5.41, 5.74) is 1.42. The molecule has 1 N–H and O–H groups in total. The van der Waals surface area contributed by atoms with Gasteiger partial charge in [-0.1, -0.05) is 6.07 Å². The summed E-state index contributed by atoms with van der Waals surface area (Å²) in [7, 11) is 0. The number of piperazine rings is 1. The van der Waals surface area contributed by atoms with Gasteiger partial charge in [-0.25, -0.2) is 0 Å². The number of anilines is 2. The maximum absolute atomic E-state index is 12.4. The van der Waals surface area contributed by atoms with E-state index in [2.05, 4.69) is 39.3 Å². The third-order valence-electron chi connectivity index (χ3n) is 7.66. The molecule has 3 aliphatic heterocycles. The fourth-order valence-corrected chi connectivity index (χ4v) is 5.38. The molecule has 1 aliphatic carbocycles. The molecule has 0 spiro atoms. The molecule has 33 heavy (non-hydrogen) atoms. The van der Waals surface area contributed by atoms with Gasteiger partial charge in [-0.2, -0.15) is 5.10 Å². The van der Waals surface area contributed by atoms with Crippen molar-refractivity contribution in [2.45, 2.75) is 57.1 Å². The van der Waals surface area contributed by atoms with Gasteiger partial charge in [0.15, 0.2) is 0 Å². The zero-order valence-corrected chi connectivity index (χ0v) is 19.5. The van der Waals surface area contributed by atoms with Gasteiger partial charge in [-0.05, 0) is 50.3 Å². The SMILES string of the molecule is CC(=O)N1CCN(c2cccc(N3N=CCC3CC3(O)CCN(C(=O)C4CC4)CC3)c2)CC1. The summed E-state index contributed by atoms with van der Waals surface area (Å²) in [6.07, 6.45) is 6.73. The highest BCUT2D eigenvalue weighted by Crippen LogP contribution is 2.36. The lowest BCUT2D eigenvalue weighted by Crippen LogP contribution is -2.49. The molecule has 5 rings (SSSR count). The highest BCUT2D eigenvalue weighted by atomic mass is 16.3. The molecular formula is C25H35N5O3. The molecular weight excluding hydrogens is 418 g/mol. The highest BCUT2D eigenvalue weighted by Gasteiger charge is 2.41. The Kier molecular flexibility index (Phi) is 6.03. The highest BCUT2D eigenvalue weighted by molar-refractivity contribution is 5.81. The minimum absolute atomic E-state index is 0.116. The van der Waals surface area contributed by atoms with Gasteiger partial charge in [-0.3, -0.25) is 14.6 Å². The van der Waals surface area contributed by atoms with Gasteiger partial charge in [0.2, 0.25) is 11.8 Å². The number of aliphatic hydroxyl groups is 1. The molecule has 4 aliphatic rings. The molecule has 0 bridgehead atoms. The van der Waals surface area contributed by atoms with E-state index in [0.717, 1.165) is 56.8 Å². The van der Waals surface area contributed by atoms with Crippen molar-refractivity contribution in [1.29, 1.82) is 0 Å². The van der Waals surface area contributed by atoms with Crippen LogP contribution in [-0.2, 0) is 9.59 Å². The minimum Gasteiger partial charge on any atom is -0.390 e. The lowest BCUT2D eigenvalue weighted by Gasteiger charge is -2.41. The number of carbonyl (C=O) groups excluding carboxylic acids is 2. The summed E-state index contributed by atoms with van der Waals surface area (Å²) in [6, 6.07) is 8.53. The standard InChI is InChI=1S/C25H35N5O3/c1-19(31)27-13-15-28(16-14-27)21-3-2-4-22(17-21)30-23(7-10-26-30)18-25(33)8-11-29(12-9-25)24(32)20-5-6-20/h2-4,10,17,20,23,33H,5-9,11-16,18H2,1H3. The number of hydrogen-bond acceptors (Lipinski definition) is 6. The van der Waals surface area contributed by atoms with Crippen LogP contribution >= 0.6 is 0 Å². The van der Waals surface area contributed by atoms with E-state index >= 15 is 0 Å². The molecule has 178 valence electrons. The molecule has 8 nitrogen and oxygen atoms in total. The van der Waals surface area contributed by atoms with Crippen molar-refractivity contribution in [2.75, 3.05) is 49.2 Å². The predicted molar refractivity (Wildman–Crippen MR) is 128 cm³/mol. The molecule has 1 unspecified atom stereocenters. The second-order valence-corrected chi connectivity index (χ2v) is 10.1. The second-order valence-electron chi connectivity index (χ2n) is 10.1. The van der Waals surface area contributed by atoms with Crippen LogP contribution in [0, 0.1) is 5.92 Å². The summed E-state index contributed by atoms with van der Waals surface area (Å²) in [6.45, 7) is 6.08. The first-order chi connectivity index (χ1) is 15.9. The van der Waals surface area contributed by atoms with E-state index in [-0.39, 0.29) is 23.8 Å². The van der Waals surface area contributed by atoms with E-state index < -0.39 is 5.60 Å². The predicted octanol–water partition coefficient (Wildman–Crippen LogP) is 2.07. The Balaban J connectivity index is 1.21. The summed E-state index contributed by atoms with van der Waals surface area (Å²) >= 11 is 0. The van der Waals surface area contributed by atoms with Crippen molar-refractivity contribution in [3.8, 4) is 0 Å². The summed E-state index contributed by atoms with van der Waals surface area (Å²) in [5.74, 6) is 0.662. The van der Waals surface area contributed by atoms with Gasteiger partial charge < -0.3 is 19.8 Å². The van der Waals surface area contributed by atoms with E-state index in [9.17, 15) is 14.7 Å². The number of hydrogen-bond donors (Lipinski definition) is 1. The van der Waals surface area contributed by atoms with E-state index in [1.165, 1.54) is 0 Å². The fraction of sp³-hybridized carbons (Fsp3) is 0.640. The van der Waals surface area contributed by atoms with Gasteiger partial charge in [-0.15, -0.1) is 0 Å². The summed E-state index contributed by atoms with van der Waals surface area (Å²) in [5, 5.41) is 18.0. The second kappa shape index (κ2) is 8.97. The zero-order chi connectivity index (χ0) is 23.0. The van der Waals surface area contributed by atoms with Crippen molar-refractivity contribution in [2.24, 2.45) is 11.0 Å². The van der Waals surface area contributed by atoms with Crippen LogP contribution in [0.3, 0.4) is 0 Å². The van der Waals surface area contributed by atoms with Crippen LogP contribution in [0.5, 0.6) is 0 Å². The molecule has 0 radical (unpaired) electrons. The topological polar surface area (TPSA) is 79.7 Å². The van der Waals surface area contributed by atoms with E-state index in [1.54, 1.807) is 6.92 Å². The third-order valence-corrected chi connectivity index (χ3v) is 7.66. The average Bonchev–Trinajstić information content (AvgIpc) is 3.58. The first kappa shape index (κ1) is 22.2. The number of benzene rings is 1. The van der Waals surface area contributed by atoms with Gasteiger partial charge in [0.05, 0.1) is 17.3 Å². The molecule has 3 fully saturated rings. The van der Waals surface area contributed by atoms with E-state index in [1.807, 2.05) is 16.0 Å². The fourth-order valence-electron chi connectivity index (χ4n) is 5.38. The van der Waals surface area contributed by atoms with Crippen LogP contribution in [0.4, 0.5) is 11.4 Å². The zero-order valence-electron chi connectivity index (χ0n) is 19.5. The third kappa shape index (κ3) is 4.86. The molecule has 2 saturated heterocycles. The number of amides is 2. The molecule has 8 heteroatoms. The maximum Gasteiger partial charge on any atom is 0.225 e.